The molecule has 2 aliphatic rings. The third-order valence-corrected chi connectivity index (χ3v) is 6.85. The first kappa shape index (κ1) is 17.5. The number of halogens is 2. The van der Waals surface area contributed by atoms with E-state index in [1.54, 1.807) is 6.07 Å². The Morgan fingerprint density at radius 2 is 1.76 bits per heavy atom. The number of nitrogens with zero attached hydrogens (tertiary/aromatic N) is 4. The number of piperidine rings is 2. The highest BCUT2D eigenvalue weighted by molar-refractivity contribution is 7.09. The Hall–Kier alpha value is -0.880. The summed E-state index contributed by atoms with van der Waals surface area (Å²) in [6, 6.07) is 6.33. The Morgan fingerprint density at radius 1 is 1.00 bits per heavy atom. The van der Waals surface area contributed by atoms with Crippen LogP contribution in [0.3, 0.4) is 0 Å². The molecule has 1 aromatic carbocycles. The van der Waals surface area contributed by atoms with Gasteiger partial charge in [-0.3, -0.25) is 0 Å². The second-order valence-corrected chi connectivity index (χ2v) is 8.33. The van der Waals surface area contributed by atoms with Crippen LogP contribution in [0.5, 0.6) is 0 Å². The van der Waals surface area contributed by atoms with Crippen molar-refractivity contribution in [1.29, 1.82) is 0 Å². The summed E-state index contributed by atoms with van der Waals surface area (Å²) in [5, 5.41) is 2.05. The van der Waals surface area contributed by atoms with Crippen LogP contribution in [0.4, 0.5) is 5.13 Å². The number of aromatic nitrogens is 2. The van der Waals surface area contributed by atoms with Crippen LogP contribution >= 0.6 is 34.7 Å². The fourth-order valence-electron chi connectivity index (χ4n) is 3.84. The molecule has 4 rings (SSSR count). The van der Waals surface area contributed by atoms with E-state index in [1.165, 1.54) is 56.7 Å². The van der Waals surface area contributed by atoms with E-state index in [-0.39, 0.29) is 0 Å². The van der Waals surface area contributed by atoms with Gasteiger partial charge in [-0.25, -0.2) is 0 Å². The highest BCUT2D eigenvalue weighted by atomic mass is 35.5. The van der Waals surface area contributed by atoms with E-state index in [2.05, 4.69) is 14.2 Å². The van der Waals surface area contributed by atoms with Crippen molar-refractivity contribution in [3.8, 4) is 11.4 Å². The van der Waals surface area contributed by atoms with Crippen molar-refractivity contribution < 1.29 is 0 Å². The van der Waals surface area contributed by atoms with Gasteiger partial charge in [0.2, 0.25) is 5.13 Å². The molecule has 0 spiro atoms. The van der Waals surface area contributed by atoms with Gasteiger partial charge in [-0.1, -0.05) is 35.7 Å². The average molecular weight is 397 g/mol. The molecule has 0 atom stereocenters. The zero-order chi connectivity index (χ0) is 17.2. The molecule has 4 nitrogen and oxygen atoms in total. The predicted molar refractivity (Wildman–Crippen MR) is 106 cm³/mol. The molecule has 134 valence electrons. The molecule has 0 aliphatic carbocycles. The molecule has 0 bridgehead atoms. The standard InChI is InChI=1S/C18H22Cl2N4S/c19-15-6-4-5-14(16(15)20)17-21-18(25-22-17)24-11-7-13(8-12-24)23-9-2-1-3-10-23/h4-6,13H,1-3,7-12H2. The quantitative estimate of drug-likeness (QED) is 0.732. The molecule has 0 N–H and O–H groups in total. The summed E-state index contributed by atoms with van der Waals surface area (Å²) in [6.45, 7) is 4.67. The van der Waals surface area contributed by atoms with Crippen molar-refractivity contribution in [3.05, 3.63) is 28.2 Å². The van der Waals surface area contributed by atoms with Gasteiger partial charge in [0.25, 0.3) is 0 Å². The topological polar surface area (TPSA) is 32.3 Å². The fourth-order valence-corrected chi connectivity index (χ4v) is 4.95. The first-order valence-corrected chi connectivity index (χ1v) is 10.5. The molecule has 3 heterocycles. The average Bonchev–Trinajstić information content (AvgIpc) is 3.15. The van der Waals surface area contributed by atoms with Crippen LogP contribution < -0.4 is 4.90 Å². The number of rotatable bonds is 3. The molecular formula is C18H22Cl2N4S. The van der Waals surface area contributed by atoms with Gasteiger partial charge in [-0.05, 0) is 50.9 Å². The summed E-state index contributed by atoms with van der Waals surface area (Å²) < 4.78 is 4.51. The van der Waals surface area contributed by atoms with E-state index in [4.69, 9.17) is 28.2 Å². The lowest BCUT2D eigenvalue weighted by Crippen LogP contribution is -2.46. The minimum atomic E-state index is 0.525. The van der Waals surface area contributed by atoms with Crippen LogP contribution in [0.25, 0.3) is 11.4 Å². The van der Waals surface area contributed by atoms with Crippen molar-refractivity contribution >= 4 is 39.9 Å². The van der Waals surface area contributed by atoms with Crippen LogP contribution in [-0.4, -0.2) is 46.5 Å². The van der Waals surface area contributed by atoms with Gasteiger partial charge >= 0.3 is 0 Å². The van der Waals surface area contributed by atoms with Crippen LogP contribution in [0.2, 0.25) is 10.0 Å². The summed E-state index contributed by atoms with van der Waals surface area (Å²) in [5.41, 5.74) is 0.805. The van der Waals surface area contributed by atoms with Crippen LogP contribution in [0, 0.1) is 0 Å². The maximum atomic E-state index is 6.30. The number of anilines is 1. The Bertz CT molecular complexity index is 722. The number of likely N-dealkylation sites (tertiary alicyclic amines) is 1. The van der Waals surface area contributed by atoms with Crippen molar-refractivity contribution in [2.75, 3.05) is 31.1 Å². The van der Waals surface area contributed by atoms with E-state index in [9.17, 15) is 0 Å². The molecule has 0 unspecified atom stereocenters. The predicted octanol–water partition coefficient (Wildman–Crippen LogP) is 4.97. The molecule has 2 saturated heterocycles. The summed E-state index contributed by atoms with van der Waals surface area (Å²) in [5.74, 6) is 0.672. The van der Waals surface area contributed by atoms with Crippen molar-refractivity contribution in [1.82, 2.24) is 14.3 Å². The maximum absolute atomic E-state index is 6.30. The SMILES string of the molecule is Clc1cccc(-c2nsc(N3CCC(N4CCCCC4)CC3)n2)c1Cl. The Balaban J connectivity index is 1.42. The summed E-state index contributed by atoms with van der Waals surface area (Å²) in [4.78, 5) is 9.77. The van der Waals surface area contributed by atoms with Gasteiger partial charge in [0.15, 0.2) is 5.82 Å². The molecule has 0 saturated carbocycles. The lowest BCUT2D eigenvalue weighted by molar-refractivity contribution is 0.141. The van der Waals surface area contributed by atoms with Gasteiger partial charge in [-0.15, -0.1) is 0 Å². The van der Waals surface area contributed by atoms with Gasteiger partial charge < -0.3 is 9.80 Å². The molecule has 25 heavy (non-hydrogen) atoms. The normalized spacial score (nSPS) is 20.2. The minimum Gasteiger partial charge on any atom is -0.347 e. The second-order valence-electron chi connectivity index (χ2n) is 6.82. The molecule has 2 fully saturated rings. The molecule has 2 aliphatic heterocycles. The van der Waals surface area contributed by atoms with Crippen LogP contribution in [0.15, 0.2) is 18.2 Å². The van der Waals surface area contributed by atoms with Gasteiger partial charge in [-0.2, -0.15) is 9.36 Å². The largest absolute Gasteiger partial charge is 0.347 e. The van der Waals surface area contributed by atoms with E-state index < -0.39 is 0 Å². The highest BCUT2D eigenvalue weighted by Gasteiger charge is 2.27. The molecule has 0 radical (unpaired) electrons. The third-order valence-electron chi connectivity index (χ3n) is 5.25. The first-order valence-electron chi connectivity index (χ1n) is 8.99. The minimum absolute atomic E-state index is 0.525. The molecule has 1 aromatic heterocycles. The molecular weight excluding hydrogens is 375 g/mol. The van der Waals surface area contributed by atoms with Gasteiger partial charge in [0.1, 0.15) is 0 Å². The van der Waals surface area contributed by atoms with E-state index in [0.29, 0.717) is 15.9 Å². The first-order chi connectivity index (χ1) is 12.2. The number of hydrogen-bond acceptors (Lipinski definition) is 5. The fraction of sp³-hybridized carbons (Fsp3) is 0.556. The van der Waals surface area contributed by atoms with E-state index >= 15 is 0 Å². The van der Waals surface area contributed by atoms with E-state index in [0.717, 1.165) is 29.8 Å². The molecule has 7 heteroatoms. The van der Waals surface area contributed by atoms with Gasteiger partial charge in [0, 0.05) is 36.2 Å². The van der Waals surface area contributed by atoms with Crippen LogP contribution in [-0.2, 0) is 0 Å². The Labute approximate surface area is 162 Å². The van der Waals surface area contributed by atoms with Crippen LogP contribution in [0.1, 0.15) is 32.1 Å². The Kier molecular flexibility index (Phi) is 5.46. The highest BCUT2D eigenvalue weighted by Crippen LogP contribution is 2.34. The molecule has 0 amide bonds. The zero-order valence-electron chi connectivity index (χ0n) is 14.1. The van der Waals surface area contributed by atoms with Gasteiger partial charge in [0.05, 0.1) is 10.0 Å². The number of benzene rings is 1. The third kappa shape index (κ3) is 3.80. The van der Waals surface area contributed by atoms with E-state index in [1.807, 2.05) is 12.1 Å². The smallest absolute Gasteiger partial charge is 0.205 e. The van der Waals surface area contributed by atoms with Crippen molar-refractivity contribution in [2.45, 2.75) is 38.1 Å². The Morgan fingerprint density at radius 3 is 2.52 bits per heavy atom. The van der Waals surface area contributed by atoms with Crippen molar-refractivity contribution in [2.24, 2.45) is 0 Å². The second kappa shape index (κ2) is 7.78. The zero-order valence-corrected chi connectivity index (χ0v) is 16.5. The maximum Gasteiger partial charge on any atom is 0.205 e. The number of hydrogen-bond donors (Lipinski definition) is 0. The lowest BCUT2D eigenvalue weighted by Gasteiger charge is -2.40. The summed E-state index contributed by atoms with van der Waals surface area (Å²) in [6.07, 6.45) is 6.55. The lowest BCUT2D eigenvalue weighted by atomic mass is 10.0. The monoisotopic (exact) mass is 396 g/mol. The van der Waals surface area contributed by atoms with Crippen molar-refractivity contribution in [3.63, 3.8) is 0 Å². The summed E-state index contributed by atoms with van der Waals surface area (Å²) in [7, 11) is 0. The molecule has 2 aromatic rings. The summed E-state index contributed by atoms with van der Waals surface area (Å²) >= 11 is 13.9.